The molecule has 4 aromatic rings. The Morgan fingerprint density at radius 1 is 1.05 bits per heavy atom. The molecule has 200 valence electrons. The van der Waals surface area contributed by atoms with E-state index in [0.717, 1.165) is 16.9 Å². The number of carbonyl (C=O) groups is 2. The predicted molar refractivity (Wildman–Crippen MR) is 150 cm³/mol. The molecule has 1 aliphatic heterocycles. The van der Waals surface area contributed by atoms with Gasteiger partial charge in [0.2, 0.25) is 11.9 Å². The van der Waals surface area contributed by atoms with Crippen LogP contribution in [0.15, 0.2) is 79.4 Å². The van der Waals surface area contributed by atoms with E-state index in [4.69, 9.17) is 16.6 Å². The second kappa shape index (κ2) is 12.0. The molecule has 3 amide bonds. The second-order valence-electron chi connectivity index (χ2n) is 9.33. The van der Waals surface area contributed by atoms with Crippen molar-refractivity contribution in [2.24, 2.45) is 0 Å². The van der Waals surface area contributed by atoms with Crippen LogP contribution in [-0.2, 0) is 11.3 Å². The highest BCUT2D eigenvalue weighted by atomic mass is 35.5. The normalized spacial score (nSPS) is 15.2. The third kappa shape index (κ3) is 6.71. The molecule has 1 saturated heterocycles. The first-order valence-electron chi connectivity index (χ1n) is 12.7. The average molecular weight is 545 g/mol. The second-order valence-corrected chi connectivity index (χ2v) is 9.77. The van der Waals surface area contributed by atoms with Gasteiger partial charge < -0.3 is 20.4 Å². The predicted octanol–water partition coefficient (Wildman–Crippen LogP) is 4.05. The molecule has 1 unspecified atom stereocenters. The maximum absolute atomic E-state index is 13.1. The van der Waals surface area contributed by atoms with Crippen molar-refractivity contribution in [1.82, 2.24) is 29.7 Å². The van der Waals surface area contributed by atoms with Crippen molar-refractivity contribution >= 4 is 35.0 Å². The van der Waals surface area contributed by atoms with Crippen molar-refractivity contribution in [3.8, 4) is 5.95 Å². The molecular weight excluding hydrogens is 516 g/mol. The van der Waals surface area contributed by atoms with Crippen LogP contribution in [-0.4, -0.2) is 62.0 Å². The smallest absolute Gasteiger partial charge is 0.321 e. The topological polar surface area (TPSA) is 108 Å². The Morgan fingerprint density at radius 2 is 1.85 bits per heavy atom. The van der Waals surface area contributed by atoms with E-state index in [1.807, 2.05) is 55.5 Å². The molecule has 5 rings (SSSR count). The third-order valence-corrected chi connectivity index (χ3v) is 6.73. The van der Waals surface area contributed by atoms with E-state index in [0.29, 0.717) is 43.0 Å². The molecule has 2 N–H and O–H groups in total. The van der Waals surface area contributed by atoms with Crippen LogP contribution in [0.3, 0.4) is 0 Å². The number of aromatic nitrogens is 4. The Balaban J connectivity index is 1.34. The molecule has 0 saturated carbocycles. The van der Waals surface area contributed by atoms with E-state index in [-0.39, 0.29) is 24.4 Å². The highest BCUT2D eigenvalue weighted by Gasteiger charge is 2.32. The summed E-state index contributed by atoms with van der Waals surface area (Å²) < 4.78 is 1.74. The van der Waals surface area contributed by atoms with E-state index in [2.05, 4.69) is 25.5 Å². The summed E-state index contributed by atoms with van der Waals surface area (Å²) in [5, 5.41) is 6.59. The van der Waals surface area contributed by atoms with Crippen molar-refractivity contribution in [2.45, 2.75) is 25.9 Å². The molecule has 11 heteroatoms. The van der Waals surface area contributed by atoms with Crippen molar-refractivity contribution in [2.75, 3.05) is 29.9 Å². The molecule has 0 spiro atoms. The molecule has 0 aliphatic carbocycles. The zero-order valence-electron chi connectivity index (χ0n) is 21.5. The average Bonchev–Trinajstić information content (AvgIpc) is 3.48. The number of aryl methyl sites for hydroxylation is 1. The quantitative estimate of drug-likeness (QED) is 0.363. The fraction of sp³-hybridized carbons (Fsp3) is 0.250. The summed E-state index contributed by atoms with van der Waals surface area (Å²) in [6, 6.07) is 18.1. The number of hydrogen-bond donors (Lipinski definition) is 2. The maximum atomic E-state index is 13.1. The van der Waals surface area contributed by atoms with Crippen LogP contribution in [0, 0.1) is 6.92 Å². The minimum Gasteiger partial charge on any atom is -0.352 e. The summed E-state index contributed by atoms with van der Waals surface area (Å²) in [5.74, 6) is 1.08. The van der Waals surface area contributed by atoms with E-state index >= 15 is 0 Å². The largest absolute Gasteiger partial charge is 0.352 e. The lowest BCUT2D eigenvalue weighted by Gasteiger charge is -2.42. The maximum Gasteiger partial charge on any atom is 0.321 e. The van der Waals surface area contributed by atoms with Crippen LogP contribution in [0.2, 0.25) is 5.02 Å². The van der Waals surface area contributed by atoms with Gasteiger partial charge in [-0.15, -0.1) is 0 Å². The molecule has 39 heavy (non-hydrogen) atoms. The number of para-hydroxylation sites is 1. The van der Waals surface area contributed by atoms with E-state index in [9.17, 15) is 9.59 Å². The minimum absolute atomic E-state index is 0.120. The molecule has 1 atom stereocenters. The van der Waals surface area contributed by atoms with Gasteiger partial charge in [-0.05, 0) is 36.8 Å². The first-order valence-corrected chi connectivity index (χ1v) is 13.1. The van der Waals surface area contributed by atoms with Gasteiger partial charge in [0.25, 0.3) is 0 Å². The first kappa shape index (κ1) is 26.2. The number of hydrogen-bond acceptors (Lipinski definition) is 6. The lowest BCUT2D eigenvalue weighted by atomic mass is 10.1. The summed E-state index contributed by atoms with van der Waals surface area (Å²) in [5.41, 5.74) is 2.46. The van der Waals surface area contributed by atoms with Gasteiger partial charge in [-0.25, -0.2) is 14.8 Å². The zero-order chi connectivity index (χ0) is 27.2. The Labute approximate surface area is 231 Å². The van der Waals surface area contributed by atoms with Crippen LogP contribution in [0.25, 0.3) is 5.95 Å². The van der Waals surface area contributed by atoms with Gasteiger partial charge in [0, 0.05) is 67.5 Å². The van der Waals surface area contributed by atoms with Crippen LogP contribution < -0.4 is 15.5 Å². The Morgan fingerprint density at radius 3 is 2.59 bits per heavy atom. The van der Waals surface area contributed by atoms with Gasteiger partial charge in [0.05, 0.1) is 6.04 Å². The minimum atomic E-state index is -0.296. The fourth-order valence-electron chi connectivity index (χ4n) is 4.51. The number of urea groups is 1. The first-order chi connectivity index (χ1) is 18.9. The number of halogens is 1. The number of rotatable bonds is 7. The van der Waals surface area contributed by atoms with Gasteiger partial charge in [-0.2, -0.15) is 4.98 Å². The van der Waals surface area contributed by atoms with Crippen molar-refractivity contribution in [3.63, 3.8) is 0 Å². The highest BCUT2D eigenvalue weighted by molar-refractivity contribution is 6.30. The molecule has 2 aromatic heterocycles. The highest BCUT2D eigenvalue weighted by Crippen LogP contribution is 2.23. The number of imidazole rings is 1. The third-order valence-electron chi connectivity index (χ3n) is 6.48. The summed E-state index contributed by atoms with van der Waals surface area (Å²) in [6.07, 6.45) is 5.29. The number of benzene rings is 2. The molecule has 3 heterocycles. The molecule has 1 fully saturated rings. The summed E-state index contributed by atoms with van der Waals surface area (Å²) in [7, 11) is 0. The lowest BCUT2D eigenvalue weighted by molar-refractivity contribution is -0.121. The Hall–Kier alpha value is -4.44. The molecule has 0 bridgehead atoms. The number of amides is 3. The SMILES string of the molecule is Cc1cc(N2CCN(C(=O)Nc3ccccc3)CC2CC(=O)NCc2ccc(Cl)cc2)nc(-n2ccnc2)n1. The molecule has 10 nitrogen and oxygen atoms in total. The van der Waals surface area contributed by atoms with Crippen molar-refractivity contribution in [3.05, 3.63) is 95.7 Å². The summed E-state index contributed by atoms with van der Waals surface area (Å²) in [4.78, 5) is 43.4. The van der Waals surface area contributed by atoms with Crippen LogP contribution in [0.5, 0.6) is 0 Å². The van der Waals surface area contributed by atoms with Crippen molar-refractivity contribution < 1.29 is 9.59 Å². The van der Waals surface area contributed by atoms with Gasteiger partial charge in [0.15, 0.2) is 0 Å². The van der Waals surface area contributed by atoms with Gasteiger partial charge >= 0.3 is 6.03 Å². The Kier molecular flexibility index (Phi) is 8.02. The number of nitrogens with zero attached hydrogens (tertiary/aromatic N) is 6. The lowest BCUT2D eigenvalue weighted by Crippen LogP contribution is -2.57. The summed E-state index contributed by atoms with van der Waals surface area (Å²) >= 11 is 5.98. The fourth-order valence-corrected chi connectivity index (χ4v) is 4.63. The molecular formula is C28H29ClN8O2. The van der Waals surface area contributed by atoms with E-state index < -0.39 is 0 Å². The number of anilines is 2. The van der Waals surface area contributed by atoms with Crippen LogP contribution >= 0.6 is 11.6 Å². The monoisotopic (exact) mass is 544 g/mol. The standard InChI is InChI=1S/C28H29ClN8O2/c1-20-15-25(34-27(32-20)36-12-11-30-19-36)37-14-13-35(28(39)33-23-5-3-2-4-6-23)18-24(37)16-26(38)31-17-21-7-9-22(29)10-8-21/h2-12,15,19,24H,13-14,16-18H2,1H3,(H,31,38)(H,33,39). The van der Waals surface area contributed by atoms with Crippen LogP contribution in [0.1, 0.15) is 17.7 Å². The van der Waals surface area contributed by atoms with Crippen molar-refractivity contribution in [1.29, 1.82) is 0 Å². The van der Waals surface area contributed by atoms with Gasteiger partial charge in [-0.3, -0.25) is 9.36 Å². The number of nitrogens with one attached hydrogen (secondary N) is 2. The molecule has 0 radical (unpaired) electrons. The summed E-state index contributed by atoms with van der Waals surface area (Å²) in [6.45, 7) is 3.64. The van der Waals surface area contributed by atoms with Gasteiger partial charge in [0.1, 0.15) is 12.1 Å². The van der Waals surface area contributed by atoms with Gasteiger partial charge in [-0.1, -0.05) is 41.9 Å². The zero-order valence-corrected chi connectivity index (χ0v) is 22.3. The van der Waals surface area contributed by atoms with E-state index in [1.165, 1.54) is 0 Å². The number of carbonyl (C=O) groups excluding carboxylic acids is 2. The number of piperazine rings is 1. The molecule has 2 aromatic carbocycles. The van der Waals surface area contributed by atoms with Crippen LogP contribution in [0.4, 0.5) is 16.3 Å². The Bertz CT molecular complexity index is 1410. The van der Waals surface area contributed by atoms with E-state index in [1.54, 1.807) is 40.3 Å². The molecule has 1 aliphatic rings.